The van der Waals surface area contributed by atoms with E-state index in [2.05, 4.69) is 38.4 Å². The van der Waals surface area contributed by atoms with Gasteiger partial charge in [-0.05, 0) is 43.3 Å². The molecule has 0 aliphatic rings. The van der Waals surface area contributed by atoms with Gasteiger partial charge in [0.1, 0.15) is 0 Å². The van der Waals surface area contributed by atoms with Gasteiger partial charge in [-0.3, -0.25) is 0 Å². The Morgan fingerprint density at radius 3 is 2.50 bits per heavy atom. The number of hydrogen-bond acceptors (Lipinski definition) is 6. The molecule has 3 rings (SSSR count). The lowest BCUT2D eigenvalue weighted by Gasteiger charge is -2.21. The first kappa shape index (κ1) is 15.4. The summed E-state index contributed by atoms with van der Waals surface area (Å²) in [6.07, 6.45) is 1.64. The summed E-state index contributed by atoms with van der Waals surface area (Å²) in [7, 11) is 0. The van der Waals surface area contributed by atoms with E-state index in [9.17, 15) is 0 Å². The Hall–Kier alpha value is -3.46. The molecule has 0 atom stereocenters. The molecule has 0 radical (unpaired) electrons. The molecular formula is C18H16N6. The zero-order valence-electron chi connectivity index (χ0n) is 13.2. The van der Waals surface area contributed by atoms with Crippen molar-refractivity contribution >= 4 is 23.1 Å². The average molecular weight is 316 g/mol. The van der Waals surface area contributed by atoms with Gasteiger partial charge in [0.15, 0.2) is 5.82 Å². The maximum absolute atomic E-state index is 8.84. The summed E-state index contributed by atoms with van der Waals surface area (Å²) in [5.74, 6) is 1.13. The van der Waals surface area contributed by atoms with Gasteiger partial charge in [0.25, 0.3) is 0 Å². The maximum Gasteiger partial charge on any atom is 0.249 e. The van der Waals surface area contributed by atoms with Crippen LogP contribution in [0.5, 0.6) is 0 Å². The third-order valence-corrected chi connectivity index (χ3v) is 3.48. The number of nitriles is 1. The molecule has 0 bridgehead atoms. The second kappa shape index (κ2) is 7.20. The topological polar surface area (TPSA) is 77.7 Å². The van der Waals surface area contributed by atoms with Crippen LogP contribution in [0.4, 0.5) is 23.1 Å². The fourth-order valence-electron chi connectivity index (χ4n) is 2.32. The van der Waals surface area contributed by atoms with Crippen LogP contribution < -0.4 is 10.2 Å². The normalized spacial score (nSPS) is 10.0. The largest absolute Gasteiger partial charge is 0.325 e. The van der Waals surface area contributed by atoms with Gasteiger partial charge in [-0.25, -0.2) is 0 Å². The molecule has 24 heavy (non-hydrogen) atoms. The van der Waals surface area contributed by atoms with Gasteiger partial charge in [-0.15, -0.1) is 5.10 Å². The molecule has 0 aliphatic heterocycles. The van der Waals surface area contributed by atoms with Crippen molar-refractivity contribution in [3.63, 3.8) is 0 Å². The Labute approximate surface area is 140 Å². The molecule has 1 N–H and O–H groups in total. The van der Waals surface area contributed by atoms with Gasteiger partial charge >= 0.3 is 0 Å². The van der Waals surface area contributed by atoms with Crippen LogP contribution in [-0.2, 0) is 0 Å². The first-order chi connectivity index (χ1) is 11.8. The highest BCUT2D eigenvalue weighted by molar-refractivity contribution is 5.61. The third kappa shape index (κ3) is 3.47. The Morgan fingerprint density at radius 2 is 1.83 bits per heavy atom. The van der Waals surface area contributed by atoms with Crippen LogP contribution in [0.1, 0.15) is 12.5 Å². The number of nitrogens with one attached hydrogen (secondary N) is 1. The number of para-hydroxylation sites is 1. The van der Waals surface area contributed by atoms with Crippen LogP contribution in [-0.4, -0.2) is 21.7 Å². The van der Waals surface area contributed by atoms with Gasteiger partial charge in [-0.2, -0.15) is 15.3 Å². The summed E-state index contributed by atoms with van der Waals surface area (Å²) in [4.78, 5) is 6.59. The van der Waals surface area contributed by atoms with E-state index in [-0.39, 0.29) is 0 Å². The highest BCUT2D eigenvalue weighted by Crippen LogP contribution is 2.23. The Kier molecular flexibility index (Phi) is 4.63. The number of benzene rings is 2. The molecule has 0 saturated carbocycles. The van der Waals surface area contributed by atoms with Crippen LogP contribution in [0.2, 0.25) is 0 Å². The molecule has 1 aromatic heterocycles. The molecular weight excluding hydrogens is 300 g/mol. The second-order valence-electron chi connectivity index (χ2n) is 5.03. The average Bonchev–Trinajstić information content (AvgIpc) is 2.64. The van der Waals surface area contributed by atoms with Gasteiger partial charge in [0.05, 0.1) is 17.8 Å². The molecule has 118 valence electrons. The summed E-state index contributed by atoms with van der Waals surface area (Å²) in [6, 6.07) is 19.2. The zero-order chi connectivity index (χ0) is 16.8. The highest BCUT2D eigenvalue weighted by Gasteiger charge is 2.10. The molecule has 0 unspecified atom stereocenters. The van der Waals surface area contributed by atoms with Crippen LogP contribution in [0.3, 0.4) is 0 Å². The van der Waals surface area contributed by atoms with E-state index in [4.69, 9.17) is 5.26 Å². The highest BCUT2D eigenvalue weighted by atomic mass is 15.3. The minimum Gasteiger partial charge on any atom is -0.325 e. The molecule has 0 spiro atoms. The van der Waals surface area contributed by atoms with Crippen molar-refractivity contribution in [1.29, 1.82) is 5.26 Å². The predicted octanol–water partition coefficient (Wildman–Crippen LogP) is 3.64. The van der Waals surface area contributed by atoms with E-state index in [1.807, 2.05) is 42.5 Å². The van der Waals surface area contributed by atoms with Crippen molar-refractivity contribution in [1.82, 2.24) is 15.2 Å². The number of nitrogens with zero attached hydrogens (tertiary/aromatic N) is 5. The smallest absolute Gasteiger partial charge is 0.249 e. The summed E-state index contributed by atoms with van der Waals surface area (Å²) in [6.45, 7) is 2.82. The third-order valence-electron chi connectivity index (χ3n) is 3.48. The molecule has 1 heterocycles. The van der Waals surface area contributed by atoms with Gasteiger partial charge in [-0.1, -0.05) is 18.2 Å². The van der Waals surface area contributed by atoms with E-state index in [1.165, 1.54) is 0 Å². The van der Waals surface area contributed by atoms with Crippen LogP contribution in [0, 0.1) is 11.3 Å². The van der Waals surface area contributed by atoms with Gasteiger partial charge in [0, 0.05) is 17.9 Å². The lowest BCUT2D eigenvalue weighted by Crippen LogP contribution is -2.18. The quantitative estimate of drug-likeness (QED) is 0.774. The number of anilines is 4. The van der Waals surface area contributed by atoms with Crippen molar-refractivity contribution in [2.24, 2.45) is 0 Å². The van der Waals surface area contributed by atoms with E-state index in [0.717, 1.165) is 23.7 Å². The molecule has 6 heteroatoms. The zero-order valence-corrected chi connectivity index (χ0v) is 13.2. The summed E-state index contributed by atoms with van der Waals surface area (Å²) in [5.41, 5.74) is 2.45. The SMILES string of the molecule is CCN(c1ccccc1)c1cnnc(Nc2ccc(C#N)cc2)n1. The monoisotopic (exact) mass is 316 g/mol. The Bertz CT molecular complexity index is 839. The Morgan fingerprint density at radius 1 is 1.08 bits per heavy atom. The standard InChI is InChI=1S/C18H16N6/c1-2-24(16-6-4-3-5-7-16)17-13-20-23-18(22-17)21-15-10-8-14(12-19)9-11-15/h3-11,13H,2H2,1H3,(H,21,22,23). The lowest BCUT2D eigenvalue weighted by atomic mass is 10.2. The van der Waals surface area contributed by atoms with Crippen LogP contribution in [0.25, 0.3) is 0 Å². The van der Waals surface area contributed by atoms with E-state index < -0.39 is 0 Å². The molecule has 6 nitrogen and oxygen atoms in total. The first-order valence-corrected chi connectivity index (χ1v) is 7.59. The van der Waals surface area contributed by atoms with Crippen molar-refractivity contribution in [3.05, 3.63) is 66.4 Å². The first-order valence-electron chi connectivity index (χ1n) is 7.59. The van der Waals surface area contributed by atoms with E-state index in [0.29, 0.717) is 11.5 Å². The van der Waals surface area contributed by atoms with Crippen molar-refractivity contribution in [2.45, 2.75) is 6.92 Å². The Balaban J connectivity index is 1.84. The number of aromatic nitrogens is 3. The second-order valence-corrected chi connectivity index (χ2v) is 5.03. The lowest BCUT2D eigenvalue weighted by molar-refractivity contribution is 0.922. The summed E-state index contributed by atoms with van der Waals surface area (Å²) < 4.78 is 0. The van der Waals surface area contributed by atoms with Crippen LogP contribution in [0.15, 0.2) is 60.8 Å². The van der Waals surface area contributed by atoms with Crippen molar-refractivity contribution in [2.75, 3.05) is 16.8 Å². The summed E-state index contributed by atoms with van der Waals surface area (Å²) in [5, 5.41) is 20.0. The molecule has 3 aromatic rings. The molecule has 2 aromatic carbocycles. The van der Waals surface area contributed by atoms with E-state index >= 15 is 0 Å². The van der Waals surface area contributed by atoms with Gasteiger partial charge < -0.3 is 10.2 Å². The van der Waals surface area contributed by atoms with Crippen LogP contribution >= 0.6 is 0 Å². The fourth-order valence-corrected chi connectivity index (χ4v) is 2.32. The molecule has 0 amide bonds. The van der Waals surface area contributed by atoms with Gasteiger partial charge in [0.2, 0.25) is 5.95 Å². The number of hydrogen-bond donors (Lipinski definition) is 1. The predicted molar refractivity (Wildman–Crippen MR) is 93.4 cm³/mol. The fraction of sp³-hybridized carbons (Fsp3) is 0.111. The van der Waals surface area contributed by atoms with Crippen molar-refractivity contribution in [3.8, 4) is 6.07 Å². The molecule has 0 saturated heterocycles. The maximum atomic E-state index is 8.84. The summed E-state index contributed by atoms with van der Waals surface area (Å²) >= 11 is 0. The number of rotatable bonds is 5. The molecule has 0 fully saturated rings. The van der Waals surface area contributed by atoms with E-state index in [1.54, 1.807) is 18.3 Å². The van der Waals surface area contributed by atoms with Crippen molar-refractivity contribution < 1.29 is 0 Å². The minimum absolute atomic E-state index is 0.409. The molecule has 0 aliphatic carbocycles. The minimum atomic E-state index is 0.409.